The summed E-state index contributed by atoms with van der Waals surface area (Å²) in [6.07, 6.45) is 13.5. The SMILES string of the molecule is C=CC/C=C(\C=C/C)Cn1c(C)cc(OCC2=C(F)C=C(F)C=CC2)c(Br)c1=O.CCC. The van der Waals surface area contributed by atoms with E-state index < -0.39 is 11.7 Å². The van der Waals surface area contributed by atoms with E-state index in [4.69, 9.17) is 4.74 Å². The maximum Gasteiger partial charge on any atom is 0.269 e. The van der Waals surface area contributed by atoms with E-state index >= 15 is 0 Å². The second-order valence-corrected chi connectivity index (χ2v) is 8.03. The van der Waals surface area contributed by atoms with Crippen LogP contribution in [0.1, 0.15) is 45.7 Å². The van der Waals surface area contributed by atoms with Crippen LogP contribution in [-0.2, 0) is 6.54 Å². The summed E-state index contributed by atoms with van der Waals surface area (Å²) in [6, 6.07) is 1.73. The smallest absolute Gasteiger partial charge is 0.269 e. The first kappa shape index (κ1) is 27.6. The molecule has 0 spiro atoms. The Morgan fingerprint density at radius 3 is 2.66 bits per heavy atom. The molecule has 0 saturated heterocycles. The van der Waals surface area contributed by atoms with Crippen molar-refractivity contribution in [3.8, 4) is 5.75 Å². The molecule has 1 aromatic rings. The Hall–Kier alpha value is -2.47. The number of aryl methyl sites for hydroxylation is 1. The monoisotopic (exact) mass is 507 g/mol. The van der Waals surface area contributed by atoms with Crippen LogP contribution in [-0.4, -0.2) is 11.2 Å². The highest BCUT2D eigenvalue weighted by Crippen LogP contribution is 2.26. The average Bonchev–Trinajstić information content (AvgIpc) is 2.91. The number of halogens is 3. The zero-order chi connectivity index (χ0) is 24.1. The van der Waals surface area contributed by atoms with Gasteiger partial charge in [-0.2, -0.15) is 0 Å². The molecule has 32 heavy (non-hydrogen) atoms. The number of rotatable bonds is 8. The molecule has 0 saturated carbocycles. The Labute approximate surface area is 198 Å². The van der Waals surface area contributed by atoms with Gasteiger partial charge in [-0.3, -0.25) is 4.79 Å². The molecule has 0 N–H and O–H groups in total. The van der Waals surface area contributed by atoms with Crippen LogP contribution in [0.15, 0.2) is 87.2 Å². The van der Waals surface area contributed by atoms with E-state index in [9.17, 15) is 13.6 Å². The minimum absolute atomic E-state index is 0.0789. The van der Waals surface area contributed by atoms with Gasteiger partial charge in [-0.15, -0.1) is 6.58 Å². The molecule has 0 radical (unpaired) electrons. The minimum Gasteiger partial charge on any atom is -0.488 e. The first-order valence-corrected chi connectivity index (χ1v) is 11.4. The molecular formula is C26H32BrF2NO2. The highest BCUT2D eigenvalue weighted by molar-refractivity contribution is 9.10. The Morgan fingerprint density at radius 1 is 1.34 bits per heavy atom. The summed E-state index contributed by atoms with van der Waals surface area (Å²) in [5.41, 5.74) is 1.77. The quantitative estimate of drug-likeness (QED) is 0.265. The summed E-state index contributed by atoms with van der Waals surface area (Å²) >= 11 is 3.30. The van der Waals surface area contributed by atoms with Crippen molar-refractivity contribution in [2.45, 2.75) is 53.5 Å². The lowest BCUT2D eigenvalue weighted by molar-refractivity contribution is 0.341. The lowest BCUT2D eigenvalue weighted by Gasteiger charge is -2.16. The lowest BCUT2D eigenvalue weighted by atomic mass is 10.2. The number of aromatic nitrogens is 1. The predicted molar refractivity (Wildman–Crippen MR) is 133 cm³/mol. The molecule has 0 aromatic carbocycles. The van der Waals surface area contributed by atoms with Crippen LogP contribution in [0.3, 0.4) is 0 Å². The van der Waals surface area contributed by atoms with E-state index in [1.807, 2.05) is 32.1 Å². The van der Waals surface area contributed by atoms with Gasteiger partial charge in [0.1, 0.15) is 28.5 Å². The molecule has 1 aliphatic carbocycles. The van der Waals surface area contributed by atoms with Crippen LogP contribution in [0.25, 0.3) is 0 Å². The molecular weight excluding hydrogens is 476 g/mol. The maximum absolute atomic E-state index is 14.0. The van der Waals surface area contributed by atoms with Gasteiger partial charge in [0.15, 0.2) is 0 Å². The van der Waals surface area contributed by atoms with Gasteiger partial charge in [-0.05, 0) is 54.3 Å². The standard InChI is InChI=1S/C23H24BrF2NO2.C3H8/c1-4-6-9-17(8-5-2)14-27-16(3)12-21(22(24)23(27)28)29-15-18-10-7-11-19(25)13-20(18)26;1-3-2/h4-5,7-9,11-13H,1,6,10,14-15H2,2-3H3;3H2,1-2H3/b8-5-,17-9+;. The Bertz CT molecular complexity index is 998. The van der Waals surface area contributed by atoms with Crippen LogP contribution in [0, 0.1) is 6.92 Å². The second kappa shape index (κ2) is 14.6. The van der Waals surface area contributed by atoms with Crippen LogP contribution < -0.4 is 10.3 Å². The summed E-state index contributed by atoms with van der Waals surface area (Å²) in [7, 11) is 0. The normalized spacial score (nSPS) is 14.1. The molecule has 1 aromatic heterocycles. The van der Waals surface area contributed by atoms with E-state index in [2.05, 4.69) is 36.4 Å². The molecule has 0 bridgehead atoms. The maximum atomic E-state index is 14.0. The Kier molecular flexibility index (Phi) is 12.5. The summed E-state index contributed by atoms with van der Waals surface area (Å²) in [4.78, 5) is 12.8. The largest absolute Gasteiger partial charge is 0.488 e. The molecule has 6 heteroatoms. The van der Waals surface area contributed by atoms with Crippen molar-refractivity contribution >= 4 is 15.9 Å². The van der Waals surface area contributed by atoms with Gasteiger partial charge in [-0.1, -0.05) is 50.6 Å². The van der Waals surface area contributed by atoms with Crippen molar-refractivity contribution in [2.75, 3.05) is 6.61 Å². The third kappa shape index (κ3) is 8.58. The van der Waals surface area contributed by atoms with Crippen LogP contribution in [0.4, 0.5) is 8.78 Å². The van der Waals surface area contributed by atoms with Crippen LogP contribution in [0.5, 0.6) is 5.75 Å². The van der Waals surface area contributed by atoms with Crippen molar-refractivity contribution in [3.05, 3.63) is 98.5 Å². The van der Waals surface area contributed by atoms with Crippen molar-refractivity contribution in [1.82, 2.24) is 4.57 Å². The number of pyridine rings is 1. The lowest BCUT2D eigenvalue weighted by Crippen LogP contribution is -2.24. The topological polar surface area (TPSA) is 31.2 Å². The third-order valence-electron chi connectivity index (χ3n) is 4.33. The van der Waals surface area contributed by atoms with E-state index in [1.165, 1.54) is 18.6 Å². The summed E-state index contributed by atoms with van der Waals surface area (Å²) in [5, 5.41) is 0. The van der Waals surface area contributed by atoms with Gasteiger partial charge < -0.3 is 9.30 Å². The summed E-state index contributed by atoms with van der Waals surface area (Å²) < 4.78 is 34.9. The average molecular weight is 508 g/mol. The van der Waals surface area contributed by atoms with Gasteiger partial charge in [0.25, 0.3) is 5.56 Å². The highest BCUT2D eigenvalue weighted by Gasteiger charge is 2.15. The van der Waals surface area contributed by atoms with Gasteiger partial charge >= 0.3 is 0 Å². The summed E-state index contributed by atoms with van der Waals surface area (Å²) in [5.74, 6) is -0.972. The molecule has 0 aliphatic heterocycles. The van der Waals surface area contributed by atoms with Crippen LogP contribution >= 0.6 is 15.9 Å². The molecule has 0 amide bonds. The molecule has 1 heterocycles. The fraction of sp³-hybridized carbons (Fsp3) is 0.346. The number of hydrogen-bond donors (Lipinski definition) is 0. The van der Waals surface area contributed by atoms with Crippen molar-refractivity contribution in [3.63, 3.8) is 0 Å². The third-order valence-corrected chi connectivity index (χ3v) is 5.06. The predicted octanol–water partition coefficient (Wildman–Crippen LogP) is 7.83. The molecule has 0 unspecified atom stereocenters. The molecule has 0 atom stereocenters. The van der Waals surface area contributed by atoms with Crippen molar-refractivity contribution < 1.29 is 13.5 Å². The minimum atomic E-state index is -0.656. The molecule has 0 fully saturated rings. The first-order chi connectivity index (χ1) is 15.3. The fourth-order valence-electron chi connectivity index (χ4n) is 2.81. The van der Waals surface area contributed by atoms with Gasteiger partial charge in [0, 0.05) is 23.4 Å². The first-order valence-electron chi connectivity index (χ1n) is 10.6. The number of nitrogens with zero attached hydrogens (tertiary/aromatic N) is 1. The van der Waals surface area contributed by atoms with Crippen LogP contribution in [0.2, 0.25) is 0 Å². The Morgan fingerprint density at radius 2 is 2.03 bits per heavy atom. The van der Waals surface area contributed by atoms with E-state index in [0.717, 1.165) is 11.6 Å². The van der Waals surface area contributed by atoms with E-state index in [-0.39, 0.29) is 23.1 Å². The Balaban J connectivity index is 0.00000161. The zero-order valence-electron chi connectivity index (χ0n) is 19.3. The van der Waals surface area contributed by atoms with E-state index in [0.29, 0.717) is 30.0 Å². The molecule has 174 valence electrons. The fourth-order valence-corrected chi connectivity index (χ4v) is 3.25. The second-order valence-electron chi connectivity index (χ2n) is 7.24. The van der Waals surface area contributed by atoms with Gasteiger partial charge in [0.05, 0.1) is 6.54 Å². The molecule has 3 nitrogen and oxygen atoms in total. The van der Waals surface area contributed by atoms with Gasteiger partial charge in [0.2, 0.25) is 0 Å². The van der Waals surface area contributed by atoms with Crippen molar-refractivity contribution in [2.24, 2.45) is 0 Å². The van der Waals surface area contributed by atoms with E-state index in [1.54, 1.807) is 16.7 Å². The molecule has 1 aliphatic rings. The van der Waals surface area contributed by atoms with Gasteiger partial charge in [-0.25, -0.2) is 8.78 Å². The highest BCUT2D eigenvalue weighted by atomic mass is 79.9. The number of hydrogen-bond acceptors (Lipinski definition) is 2. The number of allylic oxidation sites excluding steroid dienone is 10. The van der Waals surface area contributed by atoms with Crippen molar-refractivity contribution in [1.29, 1.82) is 0 Å². The zero-order valence-corrected chi connectivity index (χ0v) is 20.8. The number of ether oxygens (including phenoxy) is 1. The molecule has 2 rings (SSSR count). The summed E-state index contributed by atoms with van der Waals surface area (Å²) in [6.45, 7) is 12.0.